The largest absolute Gasteiger partial charge is 0.508 e. The normalized spacial score (nSPS) is 23.8. The number of rotatable bonds is 5. The number of phenols is 1. The van der Waals surface area contributed by atoms with Gasteiger partial charge in [0.05, 0.1) is 5.52 Å². The Morgan fingerprint density at radius 1 is 1.08 bits per heavy atom. The molecule has 4 heterocycles. The third kappa shape index (κ3) is 3.74. The molecule has 0 unspecified atom stereocenters. The van der Waals surface area contributed by atoms with Crippen LogP contribution in [0.3, 0.4) is 0 Å². The Kier molecular flexibility index (Phi) is 5.22. The standard InChI is InChI=1S/C29H31N5O2/c1-33-10-4-6-21(33)17-36-29-31-27-12-19(26-14-23(35)11-18-5-2-3-7-24(18)26)8-9-25(27)28(32-29)34-16-20-13-22(34)15-30-20/h2-3,5,7-9,11-12,14,20-22,30,35H,4,6,10,13,15-17H2,1H3/t20-,21-,22-/m0/s1. The zero-order chi connectivity index (χ0) is 24.2. The molecule has 0 saturated carbocycles. The highest BCUT2D eigenvalue weighted by atomic mass is 16.5. The monoisotopic (exact) mass is 481 g/mol. The van der Waals surface area contributed by atoms with Crippen molar-refractivity contribution in [1.29, 1.82) is 0 Å². The number of likely N-dealkylation sites (N-methyl/N-ethyl adjacent to an activating group) is 1. The van der Waals surface area contributed by atoms with E-state index in [0.717, 1.165) is 71.1 Å². The number of ether oxygens (including phenoxy) is 1. The van der Waals surface area contributed by atoms with Gasteiger partial charge in [0.1, 0.15) is 18.2 Å². The molecular formula is C29H31N5O2. The Morgan fingerprint density at radius 3 is 2.81 bits per heavy atom. The van der Waals surface area contributed by atoms with Crippen molar-refractivity contribution < 1.29 is 9.84 Å². The number of nitrogens with one attached hydrogen (secondary N) is 1. The number of anilines is 1. The third-order valence-corrected chi connectivity index (χ3v) is 8.22. The van der Waals surface area contributed by atoms with Crippen LogP contribution >= 0.6 is 0 Å². The van der Waals surface area contributed by atoms with Gasteiger partial charge in [-0.3, -0.25) is 0 Å². The lowest BCUT2D eigenvalue weighted by atomic mass is 9.97. The molecule has 2 bridgehead atoms. The second-order valence-electron chi connectivity index (χ2n) is 10.5. The van der Waals surface area contributed by atoms with E-state index in [4.69, 9.17) is 14.7 Å². The number of benzene rings is 3. The van der Waals surface area contributed by atoms with Gasteiger partial charge >= 0.3 is 6.01 Å². The van der Waals surface area contributed by atoms with Crippen LogP contribution < -0.4 is 15.0 Å². The minimum atomic E-state index is 0.262. The first-order valence-electron chi connectivity index (χ1n) is 13.0. The maximum atomic E-state index is 10.4. The van der Waals surface area contributed by atoms with Crippen molar-refractivity contribution in [2.24, 2.45) is 0 Å². The molecule has 3 atom stereocenters. The molecule has 3 aromatic carbocycles. The van der Waals surface area contributed by atoms with Gasteiger partial charge in [0.15, 0.2) is 0 Å². The van der Waals surface area contributed by atoms with E-state index >= 15 is 0 Å². The first-order chi connectivity index (χ1) is 17.6. The molecule has 7 rings (SSSR count). The van der Waals surface area contributed by atoms with E-state index in [9.17, 15) is 5.11 Å². The minimum absolute atomic E-state index is 0.262. The number of aromatic hydroxyl groups is 1. The summed E-state index contributed by atoms with van der Waals surface area (Å²) in [6, 6.07) is 20.0. The van der Waals surface area contributed by atoms with Crippen LogP contribution in [0.25, 0.3) is 32.8 Å². The van der Waals surface area contributed by atoms with Gasteiger partial charge < -0.3 is 25.0 Å². The highest BCUT2D eigenvalue weighted by Crippen LogP contribution is 2.38. The average molecular weight is 482 g/mol. The first kappa shape index (κ1) is 21.8. The Hall–Kier alpha value is -3.42. The van der Waals surface area contributed by atoms with Crippen molar-refractivity contribution in [2.45, 2.75) is 37.4 Å². The van der Waals surface area contributed by atoms with Crippen LogP contribution in [0.5, 0.6) is 11.8 Å². The Morgan fingerprint density at radius 2 is 2.00 bits per heavy atom. The second-order valence-corrected chi connectivity index (χ2v) is 10.5. The second kappa shape index (κ2) is 8.61. The van der Waals surface area contributed by atoms with Crippen molar-refractivity contribution in [1.82, 2.24) is 20.2 Å². The number of aromatic nitrogens is 2. The van der Waals surface area contributed by atoms with Gasteiger partial charge in [0, 0.05) is 36.6 Å². The van der Waals surface area contributed by atoms with Gasteiger partial charge in [-0.2, -0.15) is 9.97 Å². The number of piperazine rings is 1. The minimum Gasteiger partial charge on any atom is -0.508 e. The number of fused-ring (bicyclic) bond motifs is 4. The van der Waals surface area contributed by atoms with E-state index in [1.807, 2.05) is 30.3 Å². The lowest BCUT2D eigenvalue weighted by Gasteiger charge is -2.29. The molecule has 0 aliphatic carbocycles. The van der Waals surface area contributed by atoms with Gasteiger partial charge in [-0.05, 0) is 79.0 Å². The van der Waals surface area contributed by atoms with Crippen LogP contribution in [0.2, 0.25) is 0 Å². The summed E-state index contributed by atoms with van der Waals surface area (Å²) in [5.41, 5.74) is 2.88. The van der Waals surface area contributed by atoms with E-state index < -0.39 is 0 Å². The quantitative estimate of drug-likeness (QED) is 0.443. The maximum Gasteiger partial charge on any atom is 0.319 e. The molecule has 36 heavy (non-hydrogen) atoms. The van der Waals surface area contributed by atoms with Gasteiger partial charge in [-0.25, -0.2) is 0 Å². The van der Waals surface area contributed by atoms with E-state index in [1.165, 1.54) is 6.42 Å². The predicted molar refractivity (Wildman–Crippen MR) is 143 cm³/mol. The molecular weight excluding hydrogens is 450 g/mol. The van der Waals surface area contributed by atoms with E-state index in [1.54, 1.807) is 0 Å². The number of nitrogens with zero attached hydrogens (tertiary/aromatic N) is 4. The topological polar surface area (TPSA) is 73.8 Å². The van der Waals surface area contributed by atoms with Crippen molar-refractivity contribution in [3.63, 3.8) is 0 Å². The first-order valence-corrected chi connectivity index (χ1v) is 13.0. The Bertz CT molecular complexity index is 1460. The lowest BCUT2D eigenvalue weighted by Crippen LogP contribution is -2.44. The van der Waals surface area contributed by atoms with Crippen molar-refractivity contribution in [3.8, 4) is 22.9 Å². The average Bonchev–Trinajstić information content (AvgIpc) is 3.63. The fourth-order valence-corrected chi connectivity index (χ4v) is 6.26. The molecule has 7 nitrogen and oxygen atoms in total. The summed E-state index contributed by atoms with van der Waals surface area (Å²) in [5, 5.41) is 17.2. The summed E-state index contributed by atoms with van der Waals surface area (Å²) >= 11 is 0. The summed E-state index contributed by atoms with van der Waals surface area (Å²) in [6.45, 7) is 3.67. The summed E-state index contributed by atoms with van der Waals surface area (Å²) in [5.74, 6) is 1.23. The van der Waals surface area contributed by atoms with Gasteiger partial charge in [-0.15, -0.1) is 0 Å². The number of likely N-dealkylation sites (tertiary alicyclic amines) is 1. The number of phenolic OH excluding ortho intramolecular Hbond substituents is 1. The summed E-state index contributed by atoms with van der Waals surface area (Å²) in [6.07, 6.45) is 3.51. The van der Waals surface area contributed by atoms with Crippen LogP contribution in [0.4, 0.5) is 5.82 Å². The van der Waals surface area contributed by atoms with Gasteiger partial charge in [-0.1, -0.05) is 30.3 Å². The van der Waals surface area contributed by atoms with Crippen LogP contribution in [-0.4, -0.2) is 71.4 Å². The Balaban J connectivity index is 1.33. The van der Waals surface area contributed by atoms with Crippen LogP contribution in [0.1, 0.15) is 19.3 Å². The molecule has 4 aromatic rings. The van der Waals surface area contributed by atoms with Gasteiger partial charge in [0.2, 0.25) is 0 Å². The highest BCUT2D eigenvalue weighted by molar-refractivity contribution is 6.01. The predicted octanol–water partition coefficient (Wildman–Crippen LogP) is 4.18. The molecule has 7 heteroatoms. The van der Waals surface area contributed by atoms with Crippen molar-refractivity contribution in [2.75, 3.05) is 38.2 Å². The molecule has 2 N–H and O–H groups in total. The molecule has 0 amide bonds. The zero-order valence-electron chi connectivity index (χ0n) is 20.5. The smallest absolute Gasteiger partial charge is 0.319 e. The Labute approximate surface area is 210 Å². The van der Waals surface area contributed by atoms with Gasteiger partial charge in [0.25, 0.3) is 0 Å². The third-order valence-electron chi connectivity index (χ3n) is 8.22. The molecule has 3 aliphatic rings. The van der Waals surface area contributed by atoms with E-state index in [0.29, 0.717) is 30.7 Å². The SMILES string of the molecule is CN1CCC[C@H]1COc1nc(N2C[C@@H]3C[C@H]2CN3)c2ccc(-c3cc(O)cc4ccccc34)cc2n1. The fourth-order valence-electron chi connectivity index (χ4n) is 6.26. The summed E-state index contributed by atoms with van der Waals surface area (Å²) in [7, 11) is 2.16. The molecule has 1 aromatic heterocycles. The number of hydrogen-bond acceptors (Lipinski definition) is 7. The highest BCUT2D eigenvalue weighted by Gasteiger charge is 2.39. The van der Waals surface area contributed by atoms with Crippen molar-refractivity contribution in [3.05, 3.63) is 54.6 Å². The van der Waals surface area contributed by atoms with Crippen LogP contribution in [0.15, 0.2) is 54.6 Å². The van der Waals surface area contributed by atoms with Crippen LogP contribution in [-0.2, 0) is 0 Å². The van der Waals surface area contributed by atoms with E-state index in [-0.39, 0.29) is 5.75 Å². The maximum absolute atomic E-state index is 10.4. The van der Waals surface area contributed by atoms with Crippen molar-refractivity contribution >= 4 is 27.5 Å². The van der Waals surface area contributed by atoms with Crippen LogP contribution in [0, 0.1) is 0 Å². The fraction of sp³-hybridized carbons (Fsp3) is 0.379. The molecule has 3 aliphatic heterocycles. The zero-order valence-corrected chi connectivity index (χ0v) is 20.5. The molecule has 184 valence electrons. The molecule has 3 fully saturated rings. The summed E-state index contributed by atoms with van der Waals surface area (Å²) in [4.78, 5) is 14.6. The molecule has 3 saturated heterocycles. The molecule has 0 radical (unpaired) electrons. The van der Waals surface area contributed by atoms with E-state index in [2.05, 4.69) is 46.4 Å². The lowest BCUT2D eigenvalue weighted by molar-refractivity contribution is 0.188. The molecule has 0 spiro atoms. The summed E-state index contributed by atoms with van der Waals surface area (Å²) < 4.78 is 6.24. The number of hydrogen-bond donors (Lipinski definition) is 2.